The molecule has 0 aliphatic carbocycles. The number of anilines is 1. The number of nitrogens with two attached hydrogens (primary N) is 2. The van der Waals surface area contributed by atoms with Crippen molar-refractivity contribution in [1.82, 2.24) is 20.3 Å². The van der Waals surface area contributed by atoms with E-state index in [1.165, 1.54) is 17.1 Å². The first-order chi connectivity index (χ1) is 13.3. The van der Waals surface area contributed by atoms with Gasteiger partial charge in [-0.15, -0.1) is 0 Å². The van der Waals surface area contributed by atoms with E-state index in [-0.39, 0.29) is 12.2 Å². The number of hydrogen-bond acceptors (Lipinski definition) is 7. The van der Waals surface area contributed by atoms with Gasteiger partial charge in [0.15, 0.2) is 0 Å². The van der Waals surface area contributed by atoms with E-state index in [4.69, 9.17) is 11.6 Å². The van der Waals surface area contributed by atoms with E-state index in [0.717, 1.165) is 5.56 Å². The van der Waals surface area contributed by atoms with Gasteiger partial charge in [0, 0.05) is 20.3 Å². The first-order valence-corrected chi connectivity index (χ1v) is 8.51. The average molecular weight is 385 g/mol. The van der Waals surface area contributed by atoms with Crippen LogP contribution in [-0.2, 0) is 11.2 Å². The van der Waals surface area contributed by atoms with Crippen molar-refractivity contribution in [2.45, 2.75) is 12.5 Å². The van der Waals surface area contributed by atoms with Crippen molar-refractivity contribution in [3.63, 3.8) is 0 Å². The fourth-order valence-electron chi connectivity index (χ4n) is 2.31. The smallest absolute Gasteiger partial charge is 0.242 e. The summed E-state index contributed by atoms with van der Waals surface area (Å²) < 4.78 is 13.0. The highest BCUT2D eigenvalue weighted by molar-refractivity contribution is 5.84. The van der Waals surface area contributed by atoms with Crippen LogP contribution in [0.1, 0.15) is 11.3 Å². The molecule has 2 aromatic rings. The number of rotatable bonds is 8. The third-order valence-corrected chi connectivity index (χ3v) is 3.86. The molecule has 0 saturated heterocycles. The highest BCUT2D eigenvalue weighted by Gasteiger charge is 2.17. The maximum atomic E-state index is 13.0. The second kappa shape index (κ2) is 9.58. The number of nitrogens with zero attached hydrogens (tertiary/aromatic N) is 3. The summed E-state index contributed by atoms with van der Waals surface area (Å²) in [4.78, 5) is 20.8. The molecular formula is C19H24FN7O. The van der Waals surface area contributed by atoms with Crippen LogP contribution >= 0.6 is 0 Å². The van der Waals surface area contributed by atoms with Gasteiger partial charge in [0.25, 0.3) is 0 Å². The fourth-order valence-corrected chi connectivity index (χ4v) is 2.31. The summed E-state index contributed by atoms with van der Waals surface area (Å²) in [6.45, 7) is 3.96. The van der Waals surface area contributed by atoms with Gasteiger partial charge in [0.2, 0.25) is 11.9 Å². The van der Waals surface area contributed by atoms with Gasteiger partial charge in [0.05, 0.1) is 11.7 Å². The topological polar surface area (TPSA) is 122 Å². The average Bonchev–Trinajstić information content (AvgIpc) is 2.68. The molecule has 0 radical (unpaired) electrons. The normalized spacial score (nSPS) is 12.2. The number of carbonyl (C=O) groups is 1. The lowest BCUT2D eigenvalue weighted by molar-refractivity contribution is -0.122. The lowest BCUT2D eigenvalue weighted by atomic mass is 10.1. The number of nitrogens with one attached hydrogen (secondary N) is 2. The highest BCUT2D eigenvalue weighted by atomic mass is 19.1. The van der Waals surface area contributed by atoms with Gasteiger partial charge >= 0.3 is 0 Å². The molecule has 1 aromatic heterocycles. The van der Waals surface area contributed by atoms with Crippen LogP contribution in [0.2, 0.25) is 0 Å². The largest absolute Gasteiger partial charge is 0.357 e. The van der Waals surface area contributed by atoms with E-state index in [2.05, 4.69) is 27.2 Å². The van der Waals surface area contributed by atoms with Crippen molar-refractivity contribution in [1.29, 1.82) is 0 Å². The predicted octanol–water partition coefficient (Wildman–Crippen LogP) is 1.00. The van der Waals surface area contributed by atoms with E-state index >= 15 is 0 Å². The maximum absolute atomic E-state index is 13.0. The SMILES string of the molecule is C=C(/C=C(/NC(=O)[C@@H](N)Cc1ccc(F)cc1)N(C)N)c1ccnc(NC)n1. The summed E-state index contributed by atoms with van der Waals surface area (Å²) in [6, 6.07) is 6.68. The Bertz CT molecular complexity index is 865. The fraction of sp³-hybridized carbons (Fsp3) is 0.211. The van der Waals surface area contributed by atoms with E-state index in [1.807, 2.05) is 0 Å². The molecule has 0 bridgehead atoms. The summed E-state index contributed by atoms with van der Waals surface area (Å²) in [5.41, 5.74) is 7.82. The predicted molar refractivity (Wildman–Crippen MR) is 107 cm³/mol. The summed E-state index contributed by atoms with van der Waals surface area (Å²) in [5.74, 6) is 5.79. The number of aromatic nitrogens is 2. The van der Waals surface area contributed by atoms with E-state index in [0.29, 0.717) is 23.0 Å². The molecule has 2 rings (SSSR count). The van der Waals surface area contributed by atoms with Crippen LogP contribution in [0, 0.1) is 5.82 Å². The number of allylic oxidation sites excluding steroid dienone is 2. The van der Waals surface area contributed by atoms with E-state index in [1.54, 1.807) is 44.6 Å². The highest BCUT2D eigenvalue weighted by Crippen LogP contribution is 2.14. The van der Waals surface area contributed by atoms with Crippen molar-refractivity contribution in [2.24, 2.45) is 11.6 Å². The quantitative estimate of drug-likeness (QED) is 0.304. The van der Waals surface area contributed by atoms with Crippen molar-refractivity contribution in [2.75, 3.05) is 19.4 Å². The molecule has 0 aliphatic heterocycles. The Labute approximate surface area is 163 Å². The number of halogens is 1. The molecular weight excluding hydrogens is 361 g/mol. The molecule has 148 valence electrons. The second-order valence-corrected chi connectivity index (χ2v) is 6.11. The number of benzene rings is 1. The van der Waals surface area contributed by atoms with Crippen molar-refractivity contribution < 1.29 is 9.18 Å². The minimum atomic E-state index is -0.836. The molecule has 0 aliphatic rings. The molecule has 1 amide bonds. The minimum absolute atomic E-state index is 0.256. The summed E-state index contributed by atoms with van der Waals surface area (Å²) >= 11 is 0. The zero-order chi connectivity index (χ0) is 20.7. The van der Waals surface area contributed by atoms with Gasteiger partial charge in [0.1, 0.15) is 11.6 Å². The molecule has 0 fully saturated rings. The standard InChI is InChI=1S/C19H24FN7O/c1-12(16-8-9-24-19(23-2)25-16)10-17(27(3)22)26-18(28)15(21)11-13-4-6-14(20)7-5-13/h4-10,15H,1,11,21-22H2,2-3H3,(H,26,28)(H,23,24,25)/b17-10-/t15-/m0/s1. The van der Waals surface area contributed by atoms with Crippen LogP contribution in [0.5, 0.6) is 0 Å². The molecule has 1 aromatic carbocycles. The van der Waals surface area contributed by atoms with Crippen LogP contribution in [-0.4, -0.2) is 41.0 Å². The Hall–Kier alpha value is -3.30. The summed E-state index contributed by atoms with van der Waals surface area (Å²) in [5, 5.41) is 6.77. The molecule has 28 heavy (non-hydrogen) atoms. The van der Waals surface area contributed by atoms with Gasteiger partial charge in [-0.2, -0.15) is 0 Å². The Morgan fingerprint density at radius 1 is 1.36 bits per heavy atom. The molecule has 6 N–H and O–H groups in total. The number of hydrogen-bond donors (Lipinski definition) is 4. The van der Waals surface area contributed by atoms with Gasteiger partial charge in [-0.1, -0.05) is 18.7 Å². The Balaban J connectivity index is 2.09. The first kappa shape index (κ1) is 21.0. The number of amides is 1. The third-order valence-electron chi connectivity index (χ3n) is 3.86. The molecule has 0 saturated carbocycles. The third kappa shape index (κ3) is 5.86. The van der Waals surface area contributed by atoms with Crippen LogP contribution in [0.15, 0.2) is 55.0 Å². The maximum Gasteiger partial charge on any atom is 0.242 e. The monoisotopic (exact) mass is 385 g/mol. The van der Waals surface area contributed by atoms with Crippen molar-refractivity contribution >= 4 is 17.4 Å². The van der Waals surface area contributed by atoms with Gasteiger partial charge in [-0.3, -0.25) is 9.80 Å². The number of hydrazine groups is 1. The molecule has 8 nitrogen and oxygen atoms in total. The Morgan fingerprint density at radius 2 is 2.04 bits per heavy atom. The van der Waals surface area contributed by atoms with Crippen molar-refractivity contribution in [3.05, 3.63) is 72.1 Å². The first-order valence-electron chi connectivity index (χ1n) is 8.51. The Morgan fingerprint density at radius 3 is 2.64 bits per heavy atom. The van der Waals surface area contributed by atoms with Gasteiger partial charge in [-0.05, 0) is 41.8 Å². The van der Waals surface area contributed by atoms with Gasteiger partial charge in [-0.25, -0.2) is 20.2 Å². The van der Waals surface area contributed by atoms with Crippen molar-refractivity contribution in [3.8, 4) is 0 Å². The summed E-state index contributed by atoms with van der Waals surface area (Å²) in [6.07, 6.45) is 3.44. The van der Waals surface area contributed by atoms with Gasteiger partial charge < -0.3 is 16.4 Å². The van der Waals surface area contributed by atoms with Crippen LogP contribution in [0.3, 0.4) is 0 Å². The minimum Gasteiger partial charge on any atom is -0.357 e. The zero-order valence-corrected chi connectivity index (χ0v) is 15.8. The molecule has 0 unspecified atom stereocenters. The van der Waals surface area contributed by atoms with E-state index in [9.17, 15) is 9.18 Å². The zero-order valence-electron chi connectivity index (χ0n) is 15.8. The molecule has 9 heteroatoms. The van der Waals surface area contributed by atoms with Crippen LogP contribution < -0.4 is 22.2 Å². The molecule has 1 atom stereocenters. The molecule has 1 heterocycles. The van der Waals surface area contributed by atoms with Crippen LogP contribution in [0.25, 0.3) is 5.57 Å². The summed E-state index contributed by atoms with van der Waals surface area (Å²) in [7, 11) is 3.28. The lowest BCUT2D eigenvalue weighted by Crippen LogP contribution is -2.45. The van der Waals surface area contributed by atoms with Crippen LogP contribution in [0.4, 0.5) is 10.3 Å². The second-order valence-electron chi connectivity index (χ2n) is 6.11. The molecule has 0 spiro atoms. The Kier molecular flexibility index (Phi) is 7.19. The van der Waals surface area contributed by atoms with E-state index < -0.39 is 11.9 Å². The number of carbonyl (C=O) groups excluding carboxylic acids is 1. The lowest BCUT2D eigenvalue weighted by Gasteiger charge is -2.20.